The van der Waals surface area contributed by atoms with Gasteiger partial charge in [0, 0.05) is 11.6 Å². The van der Waals surface area contributed by atoms with Crippen molar-refractivity contribution in [3.05, 3.63) is 50.6 Å². The summed E-state index contributed by atoms with van der Waals surface area (Å²) in [6.45, 7) is 0. The van der Waals surface area contributed by atoms with Gasteiger partial charge in [-0.15, -0.1) is 11.3 Å². The lowest BCUT2D eigenvalue weighted by Gasteiger charge is -1.98. The number of benzene rings is 1. The highest BCUT2D eigenvalue weighted by atomic mass is 79.9. The number of alkyl halides is 3. The molecule has 0 aliphatic heterocycles. The molecule has 8 heteroatoms. The molecule has 21 heavy (non-hydrogen) atoms. The molecule has 2 aromatic heterocycles. The summed E-state index contributed by atoms with van der Waals surface area (Å²) < 4.78 is 43.6. The van der Waals surface area contributed by atoms with Crippen LogP contribution in [0.1, 0.15) is 20.4 Å². The molecule has 108 valence electrons. The summed E-state index contributed by atoms with van der Waals surface area (Å²) in [5.74, 6) is -0.639. The van der Waals surface area contributed by atoms with Crippen molar-refractivity contribution in [2.45, 2.75) is 6.18 Å². The third kappa shape index (κ3) is 2.60. The molecule has 2 heterocycles. The summed E-state index contributed by atoms with van der Waals surface area (Å²) in [4.78, 5) is 15.3. The number of aromatic nitrogens is 1. The van der Waals surface area contributed by atoms with E-state index in [-0.39, 0.29) is 10.6 Å². The second-order valence-corrected chi connectivity index (χ2v) is 6.01. The van der Waals surface area contributed by atoms with E-state index in [1.165, 1.54) is 6.07 Å². The summed E-state index contributed by atoms with van der Waals surface area (Å²) >= 11 is 3.58. The Bertz CT molecular complexity index is 837. The molecule has 0 atom stereocenters. The molecule has 0 unspecified atom stereocenters. The van der Waals surface area contributed by atoms with E-state index in [0.29, 0.717) is 26.8 Å². The van der Waals surface area contributed by atoms with Crippen LogP contribution in [0.3, 0.4) is 0 Å². The standard InChI is InChI=1S/C13H5BrF3NO2S/c14-7-3-1-2-6-4-8(20-11(6)7)10(19)9-5-18-12(21-9)13(15,16)17/h1-5H. The number of furan rings is 1. The number of thiazole rings is 1. The van der Waals surface area contributed by atoms with E-state index in [1.54, 1.807) is 18.2 Å². The van der Waals surface area contributed by atoms with Gasteiger partial charge in [0.1, 0.15) is 5.58 Å². The Morgan fingerprint density at radius 1 is 1.33 bits per heavy atom. The molecule has 3 nitrogen and oxygen atoms in total. The first kappa shape index (κ1) is 14.3. The summed E-state index contributed by atoms with van der Waals surface area (Å²) in [7, 11) is 0. The Labute approximate surface area is 128 Å². The number of carbonyl (C=O) groups is 1. The maximum absolute atomic E-state index is 12.5. The van der Waals surface area contributed by atoms with Crippen LogP contribution in [-0.2, 0) is 6.18 Å². The van der Waals surface area contributed by atoms with Crippen LogP contribution in [0.2, 0.25) is 0 Å². The maximum atomic E-state index is 12.5. The summed E-state index contributed by atoms with van der Waals surface area (Å²) in [6.07, 6.45) is -3.64. The van der Waals surface area contributed by atoms with Gasteiger partial charge in [0.2, 0.25) is 5.78 Å². The number of hydrogen-bond donors (Lipinski definition) is 0. The van der Waals surface area contributed by atoms with Crippen LogP contribution in [0, 0.1) is 0 Å². The topological polar surface area (TPSA) is 43.1 Å². The fraction of sp³-hybridized carbons (Fsp3) is 0.0769. The molecule has 0 aliphatic carbocycles. The highest BCUT2D eigenvalue weighted by Crippen LogP contribution is 2.34. The minimum Gasteiger partial charge on any atom is -0.451 e. The van der Waals surface area contributed by atoms with Gasteiger partial charge in [-0.2, -0.15) is 13.2 Å². The van der Waals surface area contributed by atoms with Gasteiger partial charge in [-0.3, -0.25) is 4.79 Å². The van der Waals surface area contributed by atoms with E-state index < -0.39 is 17.0 Å². The fourth-order valence-corrected chi connectivity index (χ4v) is 2.96. The molecule has 0 amide bonds. The molecule has 0 bridgehead atoms. The highest BCUT2D eigenvalue weighted by Gasteiger charge is 2.35. The molecule has 0 aliphatic rings. The van der Waals surface area contributed by atoms with E-state index in [9.17, 15) is 18.0 Å². The number of ketones is 1. The number of carbonyl (C=O) groups excluding carboxylic acids is 1. The Hall–Kier alpha value is -1.67. The zero-order valence-electron chi connectivity index (χ0n) is 10.1. The van der Waals surface area contributed by atoms with E-state index in [0.717, 1.165) is 6.20 Å². The van der Waals surface area contributed by atoms with Crippen LogP contribution in [-0.4, -0.2) is 10.8 Å². The van der Waals surface area contributed by atoms with Gasteiger partial charge in [-0.05, 0) is 28.1 Å². The van der Waals surface area contributed by atoms with Crippen LogP contribution in [0.25, 0.3) is 11.0 Å². The number of rotatable bonds is 2. The Morgan fingerprint density at radius 2 is 2.10 bits per heavy atom. The third-order valence-corrected chi connectivity index (χ3v) is 4.36. The van der Waals surface area contributed by atoms with Crippen molar-refractivity contribution in [3.8, 4) is 0 Å². The predicted molar refractivity (Wildman–Crippen MR) is 74.5 cm³/mol. The van der Waals surface area contributed by atoms with Gasteiger partial charge in [0.15, 0.2) is 10.8 Å². The van der Waals surface area contributed by atoms with Gasteiger partial charge in [0.05, 0.1) is 9.35 Å². The monoisotopic (exact) mass is 375 g/mol. The van der Waals surface area contributed by atoms with E-state index in [2.05, 4.69) is 20.9 Å². The molecule has 0 saturated heterocycles. The third-order valence-electron chi connectivity index (χ3n) is 2.69. The minimum atomic E-state index is -4.56. The average molecular weight is 376 g/mol. The number of hydrogen-bond acceptors (Lipinski definition) is 4. The van der Waals surface area contributed by atoms with Crippen molar-refractivity contribution in [1.82, 2.24) is 4.98 Å². The Morgan fingerprint density at radius 3 is 2.71 bits per heavy atom. The molecule has 3 rings (SSSR count). The smallest absolute Gasteiger partial charge is 0.443 e. The molecule has 0 fully saturated rings. The zero-order chi connectivity index (χ0) is 15.2. The van der Waals surface area contributed by atoms with Gasteiger partial charge in [-0.25, -0.2) is 4.98 Å². The second kappa shape index (κ2) is 4.96. The normalized spacial score (nSPS) is 12.0. The molecular formula is C13H5BrF3NO2S. The van der Waals surface area contributed by atoms with Crippen LogP contribution in [0.5, 0.6) is 0 Å². The molecule has 0 spiro atoms. The van der Waals surface area contributed by atoms with Crippen molar-refractivity contribution >= 4 is 44.0 Å². The number of para-hydroxylation sites is 1. The molecule has 0 N–H and O–H groups in total. The zero-order valence-corrected chi connectivity index (χ0v) is 12.5. The quantitative estimate of drug-likeness (QED) is 0.598. The molecular weight excluding hydrogens is 371 g/mol. The van der Waals surface area contributed by atoms with Crippen LogP contribution >= 0.6 is 27.3 Å². The Balaban J connectivity index is 2.00. The minimum absolute atomic E-state index is 0.0192. The summed E-state index contributed by atoms with van der Waals surface area (Å²) in [5.41, 5.74) is 0.474. The van der Waals surface area contributed by atoms with Gasteiger partial charge < -0.3 is 4.42 Å². The maximum Gasteiger partial charge on any atom is 0.443 e. The fourth-order valence-electron chi connectivity index (χ4n) is 1.77. The van der Waals surface area contributed by atoms with Crippen molar-refractivity contribution in [1.29, 1.82) is 0 Å². The average Bonchev–Trinajstić information content (AvgIpc) is 3.05. The van der Waals surface area contributed by atoms with Crippen molar-refractivity contribution < 1.29 is 22.4 Å². The van der Waals surface area contributed by atoms with Gasteiger partial charge in [-0.1, -0.05) is 12.1 Å². The summed E-state index contributed by atoms with van der Waals surface area (Å²) in [5, 5.41) is -0.364. The number of fused-ring (bicyclic) bond motifs is 1. The van der Waals surface area contributed by atoms with Gasteiger partial charge in [0.25, 0.3) is 0 Å². The highest BCUT2D eigenvalue weighted by molar-refractivity contribution is 9.10. The first-order chi connectivity index (χ1) is 9.86. The number of halogens is 4. The Kier molecular flexibility index (Phi) is 3.37. The largest absolute Gasteiger partial charge is 0.451 e. The SMILES string of the molecule is O=C(c1cc2cccc(Br)c2o1)c1cnc(C(F)(F)F)s1. The van der Waals surface area contributed by atoms with Crippen molar-refractivity contribution in [2.75, 3.05) is 0 Å². The molecule has 1 aromatic carbocycles. The first-order valence-electron chi connectivity index (χ1n) is 5.62. The van der Waals surface area contributed by atoms with Crippen LogP contribution in [0.15, 0.2) is 39.4 Å². The van der Waals surface area contributed by atoms with Crippen LogP contribution < -0.4 is 0 Å². The van der Waals surface area contributed by atoms with Gasteiger partial charge >= 0.3 is 6.18 Å². The van der Waals surface area contributed by atoms with E-state index in [4.69, 9.17) is 4.42 Å². The molecule has 0 saturated carbocycles. The van der Waals surface area contributed by atoms with Crippen molar-refractivity contribution in [3.63, 3.8) is 0 Å². The van der Waals surface area contributed by atoms with Crippen LogP contribution in [0.4, 0.5) is 13.2 Å². The van der Waals surface area contributed by atoms with Crippen molar-refractivity contribution in [2.24, 2.45) is 0 Å². The summed E-state index contributed by atoms with van der Waals surface area (Å²) in [6, 6.07) is 6.75. The predicted octanol–water partition coefficient (Wildman–Crippen LogP) is 4.90. The van der Waals surface area contributed by atoms with E-state index in [1.807, 2.05) is 0 Å². The number of nitrogens with zero attached hydrogens (tertiary/aromatic N) is 1. The van der Waals surface area contributed by atoms with E-state index >= 15 is 0 Å². The molecule has 0 radical (unpaired) electrons. The lowest BCUT2D eigenvalue weighted by Crippen LogP contribution is -2.03. The molecule has 3 aromatic rings. The second-order valence-electron chi connectivity index (χ2n) is 4.13. The lowest BCUT2D eigenvalue weighted by molar-refractivity contribution is -0.137. The lowest BCUT2D eigenvalue weighted by atomic mass is 10.2. The first-order valence-corrected chi connectivity index (χ1v) is 7.23.